The Morgan fingerprint density at radius 3 is 2.82 bits per heavy atom. The molecule has 0 radical (unpaired) electrons. The van der Waals surface area contributed by atoms with Crippen LogP contribution < -0.4 is 5.32 Å². The molecule has 1 aliphatic rings. The molecule has 1 aliphatic heterocycles. The summed E-state index contributed by atoms with van der Waals surface area (Å²) in [5.41, 5.74) is 4.22. The number of fused-ring (bicyclic) bond motifs is 1. The molecule has 1 N–H and O–H groups in total. The molecule has 5 rings (SSSR count). The van der Waals surface area contributed by atoms with Crippen LogP contribution in [0.1, 0.15) is 22.6 Å². The van der Waals surface area contributed by atoms with Crippen molar-refractivity contribution in [1.82, 2.24) is 29.8 Å². The lowest BCUT2D eigenvalue weighted by Gasteiger charge is -2.09. The van der Waals surface area contributed by atoms with Gasteiger partial charge in [-0.25, -0.2) is 9.67 Å². The second-order valence-electron chi connectivity index (χ2n) is 6.65. The lowest BCUT2D eigenvalue weighted by atomic mass is 10.1. The van der Waals surface area contributed by atoms with Crippen molar-refractivity contribution >= 4 is 11.6 Å². The molecule has 0 fully saturated rings. The monoisotopic (exact) mass is 371 g/mol. The van der Waals surface area contributed by atoms with Gasteiger partial charge in [0.1, 0.15) is 12.2 Å². The van der Waals surface area contributed by atoms with Crippen molar-refractivity contribution in [3.05, 3.63) is 72.4 Å². The first kappa shape index (κ1) is 16.4. The Labute approximate surface area is 160 Å². The number of imidazole rings is 1. The summed E-state index contributed by atoms with van der Waals surface area (Å²) in [5.74, 6) is 0.961. The molecule has 1 amide bonds. The van der Waals surface area contributed by atoms with Crippen molar-refractivity contribution in [3.63, 3.8) is 0 Å². The van der Waals surface area contributed by atoms with E-state index in [0.29, 0.717) is 5.56 Å². The maximum atomic E-state index is 12.6. The molecular weight excluding hydrogens is 354 g/mol. The smallest absolute Gasteiger partial charge is 0.255 e. The number of hydrogen-bond donors (Lipinski definition) is 1. The number of rotatable bonds is 4. The minimum atomic E-state index is -0.187. The summed E-state index contributed by atoms with van der Waals surface area (Å²) in [7, 11) is 0. The topological polar surface area (TPSA) is 90.5 Å². The predicted octanol–water partition coefficient (Wildman–Crippen LogP) is 2.72. The van der Waals surface area contributed by atoms with E-state index in [2.05, 4.69) is 30.4 Å². The summed E-state index contributed by atoms with van der Waals surface area (Å²) in [6.45, 7) is 1.01. The number of nitrogens with zero attached hydrogens (tertiary/aromatic N) is 6. The fourth-order valence-electron chi connectivity index (χ4n) is 3.49. The maximum absolute atomic E-state index is 12.6. The molecule has 138 valence electrons. The molecule has 4 aromatic rings. The Kier molecular flexibility index (Phi) is 3.93. The number of tetrazole rings is 1. The third-order valence-corrected chi connectivity index (χ3v) is 4.88. The van der Waals surface area contributed by atoms with Gasteiger partial charge in [0.05, 0.1) is 17.6 Å². The third-order valence-electron chi connectivity index (χ3n) is 4.88. The predicted molar refractivity (Wildman–Crippen MR) is 103 cm³/mol. The van der Waals surface area contributed by atoms with Gasteiger partial charge in [-0.2, -0.15) is 0 Å². The molecule has 0 spiro atoms. The lowest BCUT2D eigenvalue weighted by molar-refractivity contribution is 0.102. The molecular formula is C20H17N7O. The number of carbonyl (C=O) groups is 1. The number of aryl methyl sites for hydroxylation is 1. The highest BCUT2D eigenvalue weighted by molar-refractivity contribution is 6.04. The number of benzene rings is 2. The van der Waals surface area contributed by atoms with Crippen LogP contribution in [0.3, 0.4) is 0 Å². The summed E-state index contributed by atoms with van der Waals surface area (Å²) in [6.07, 6.45) is 5.60. The number of hydrogen-bond acceptors (Lipinski definition) is 5. The first-order chi connectivity index (χ1) is 13.8. The van der Waals surface area contributed by atoms with Crippen LogP contribution in [-0.4, -0.2) is 35.7 Å². The van der Waals surface area contributed by atoms with E-state index in [0.717, 1.165) is 47.8 Å². The van der Waals surface area contributed by atoms with Crippen molar-refractivity contribution in [2.24, 2.45) is 0 Å². The average molecular weight is 371 g/mol. The standard InChI is InChI=1S/C20H17N7O/c28-20(15-3-1-4-17(11-15)27-13-22-24-25-27)23-16-8-6-14(7-9-16)18-12-21-19-5-2-10-26(18)19/h1,3-4,6-9,11-13H,2,5,10H2,(H,23,28). The van der Waals surface area contributed by atoms with Gasteiger partial charge in [0, 0.05) is 24.2 Å². The number of anilines is 1. The minimum Gasteiger partial charge on any atom is -0.328 e. The van der Waals surface area contributed by atoms with E-state index < -0.39 is 0 Å². The average Bonchev–Trinajstić information content (AvgIpc) is 3.47. The minimum absolute atomic E-state index is 0.187. The SMILES string of the molecule is O=C(Nc1ccc(-c2cnc3n2CCC3)cc1)c1cccc(-n2cnnn2)c1. The van der Waals surface area contributed by atoms with E-state index in [9.17, 15) is 4.79 Å². The van der Waals surface area contributed by atoms with Crippen molar-refractivity contribution in [2.45, 2.75) is 19.4 Å². The fourth-order valence-corrected chi connectivity index (χ4v) is 3.49. The van der Waals surface area contributed by atoms with Gasteiger partial charge in [0.2, 0.25) is 0 Å². The molecule has 0 saturated carbocycles. The molecule has 0 atom stereocenters. The normalized spacial score (nSPS) is 12.7. The molecule has 8 nitrogen and oxygen atoms in total. The van der Waals surface area contributed by atoms with Crippen LogP contribution in [0, 0.1) is 0 Å². The van der Waals surface area contributed by atoms with Crippen LogP contribution in [0.2, 0.25) is 0 Å². The van der Waals surface area contributed by atoms with Crippen molar-refractivity contribution in [3.8, 4) is 16.9 Å². The molecule has 0 bridgehead atoms. The molecule has 0 aliphatic carbocycles. The first-order valence-electron chi connectivity index (χ1n) is 9.07. The zero-order chi connectivity index (χ0) is 18.9. The summed E-state index contributed by atoms with van der Waals surface area (Å²) in [5, 5.41) is 14.0. The van der Waals surface area contributed by atoms with Crippen LogP contribution in [-0.2, 0) is 13.0 Å². The van der Waals surface area contributed by atoms with Gasteiger partial charge in [-0.15, -0.1) is 5.10 Å². The summed E-state index contributed by atoms with van der Waals surface area (Å²) in [6, 6.07) is 15.0. The number of aromatic nitrogens is 6. The van der Waals surface area contributed by atoms with Gasteiger partial charge in [-0.3, -0.25) is 4.79 Å². The van der Waals surface area contributed by atoms with E-state index in [1.165, 1.54) is 11.0 Å². The van der Waals surface area contributed by atoms with Crippen LogP contribution in [0.5, 0.6) is 0 Å². The Bertz CT molecular complexity index is 1130. The first-order valence-corrected chi connectivity index (χ1v) is 9.07. The zero-order valence-electron chi connectivity index (χ0n) is 15.0. The van der Waals surface area contributed by atoms with Gasteiger partial charge in [0.25, 0.3) is 5.91 Å². The fraction of sp³-hybridized carbons (Fsp3) is 0.150. The van der Waals surface area contributed by atoms with E-state index in [1.54, 1.807) is 18.2 Å². The summed E-state index contributed by atoms with van der Waals surface area (Å²) >= 11 is 0. The zero-order valence-corrected chi connectivity index (χ0v) is 15.0. The van der Waals surface area contributed by atoms with Crippen LogP contribution in [0.15, 0.2) is 61.1 Å². The lowest BCUT2D eigenvalue weighted by Crippen LogP contribution is -2.12. The van der Waals surface area contributed by atoms with Crippen molar-refractivity contribution in [2.75, 3.05) is 5.32 Å². The van der Waals surface area contributed by atoms with Gasteiger partial charge in [-0.05, 0) is 52.7 Å². The number of carbonyl (C=O) groups excluding carboxylic acids is 1. The van der Waals surface area contributed by atoms with Crippen LogP contribution >= 0.6 is 0 Å². The number of nitrogens with one attached hydrogen (secondary N) is 1. The highest BCUT2D eigenvalue weighted by Crippen LogP contribution is 2.26. The molecule has 2 aromatic carbocycles. The highest BCUT2D eigenvalue weighted by Gasteiger charge is 2.16. The Hall–Kier alpha value is -3.81. The Morgan fingerprint density at radius 2 is 2.00 bits per heavy atom. The molecule has 0 saturated heterocycles. The third kappa shape index (κ3) is 2.94. The second-order valence-corrected chi connectivity index (χ2v) is 6.65. The largest absolute Gasteiger partial charge is 0.328 e. The van der Waals surface area contributed by atoms with Gasteiger partial charge in [-0.1, -0.05) is 18.2 Å². The van der Waals surface area contributed by atoms with Gasteiger partial charge >= 0.3 is 0 Å². The Balaban J connectivity index is 1.34. The van der Waals surface area contributed by atoms with E-state index >= 15 is 0 Å². The molecule has 28 heavy (non-hydrogen) atoms. The van der Waals surface area contributed by atoms with E-state index in [4.69, 9.17) is 0 Å². The van der Waals surface area contributed by atoms with Crippen LogP contribution in [0.25, 0.3) is 16.9 Å². The number of amides is 1. The molecule has 0 unspecified atom stereocenters. The molecule has 2 aromatic heterocycles. The van der Waals surface area contributed by atoms with Gasteiger partial charge in [0.15, 0.2) is 0 Å². The van der Waals surface area contributed by atoms with Crippen molar-refractivity contribution < 1.29 is 4.79 Å². The van der Waals surface area contributed by atoms with E-state index in [1.807, 2.05) is 36.5 Å². The van der Waals surface area contributed by atoms with Crippen molar-refractivity contribution in [1.29, 1.82) is 0 Å². The van der Waals surface area contributed by atoms with Gasteiger partial charge < -0.3 is 9.88 Å². The summed E-state index contributed by atoms with van der Waals surface area (Å²) in [4.78, 5) is 17.1. The van der Waals surface area contributed by atoms with E-state index in [-0.39, 0.29) is 5.91 Å². The maximum Gasteiger partial charge on any atom is 0.255 e. The highest BCUT2D eigenvalue weighted by atomic mass is 16.1. The second kappa shape index (κ2) is 6.73. The van der Waals surface area contributed by atoms with Crippen LogP contribution in [0.4, 0.5) is 5.69 Å². The Morgan fingerprint density at radius 1 is 1.11 bits per heavy atom. The molecule has 3 heterocycles. The summed E-state index contributed by atoms with van der Waals surface area (Å²) < 4.78 is 3.77. The molecule has 8 heteroatoms. The quantitative estimate of drug-likeness (QED) is 0.596.